The van der Waals surface area contributed by atoms with Gasteiger partial charge in [0.05, 0.1) is 15.6 Å². The van der Waals surface area contributed by atoms with Crippen LogP contribution in [0.1, 0.15) is 36.7 Å². The maximum Gasteiger partial charge on any atom is 0.257 e. The number of carbonyl (C=O) groups is 1. The van der Waals surface area contributed by atoms with Crippen LogP contribution in [0.3, 0.4) is 0 Å². The van der Waals surface area contributed by atoms with Gasteiger partial charge in [-0.15, -0.1) is 0 Å². The van der Waals surface area contributed by atoms with Crippen molar-refractivity contribution in [1.82, 2.24) is 4.72 Å². The molecule has 0 aromatic heterocycles. The first-order valence-corrected chi connectivity index (χ1v) is 10.3. The van der Waals surface area contributed by atoms with E-state index in [1.165, 1.54) is 12.1 Å². The summed E-state index contributed by atoms with van der Waals surface area (Å²) in [6.45, 7) is 5.41. The molecule has 0 fully saturated rings. The zero-order valence-electron chi connectivity index (χ0n) is 14.6. The second kappa shape index (κ2) is 8.39. The molecule has 0 aliphatic heterocycles. The third-order valence-electron chi connectivity index (χ3n) is 3.57. The van der Waals surface area contributed by atoms with E-state index in [1.54, 1.807) is 26.0 Å². The largest absolute Gasteiger partial charge is 0.322 e. The third-order valence-corrected chi connectivity index (χ3v) is 6.00. The molecule has 0 unspecified atom stereocenters. The van der Waals surface area contributed by atoms with E-state index >= 15 is 0 Å². The molecular weight excluding hydrogens is 395 g/mol. The van der Waals surface area contributed by atoms with Crippen molar-refractivity contribution in [3.8, 4) is 0 Å². The first kappa shape index (κ1) is 20.7. The lowest BCUT2D eigenvalue weighted by Crippen LogP contribution is -2.30. The molecule has 140 valence electrons. The molecule has 2 aromatic carbocycles. The Morgan fingerprint density at radius 3 is 2.23 bits per heavy atom. The van der Waals surface area contributed by atoms with Gasteiger partial charge in [0.25, 0.3) is 5.91 Å². The number of nitrogens with one attached hydrogen (secondary N) is 2. The molecule has 0 aliphatic carbocycles. The molecular formula is C18H20Cl2N2O3S. The summed E-state index contributed by atoms with van der Waals surface area (Å²) in [7, 11) is -3.87. The minimum absolute atomic E-state index is 0.0276. The van der Waals surface area contributed by atoms with Crippen LogP contribution in [0.15, 0.2) is 41.3 Å². The topological polar surface area (TPSA) is 75.3 Å². The highest BCUT2D eigenvalue weighted by Gasteiger charge is 2.23. The Kier molecular flexibility index (Phi) is 6.69. The van der Waals surface area contributed by atoms with Crippen molar-refractivity contribution in [2.75, 3.05) is 5.32 Å². The highest BCUT2D eigenvalue weighted by Crippen LogP contribution is 2.29. The molecule has 0 aliphatic rings. The van der Waals surface area contributed by atoms with E-state index in [0.29, 0.717) is 5.69 Å². The van der Waals surface area contributed by atoms with Gasteiger partial charge in [-0.25, -0.2) is 13.1 Å². The van der Waals surface area contributed by atoms with Gasteiger partial charge in [0.15, 0.2) is 0 Å². The van der Waals surface area contributed by atoms with E-state index in [9.17, 15) is 13.2 Å². The highest BCUT2D eigenvalue weighted by atomic mass is 35.5. The van der Waals surface area contributed by atoms with Crippen LogP contribution in [0.5, 0.6) is 0 Å². The third kappa shape index (κ3) is 4.98. The van der Waals surface area contributed by atoms with Crippen molar-refractivity contribution in [3.05, 3.63) is 57.6 Å². The summed E-state index contributed by atoms with van der Waals surface area (Å²) in [5.41, 5.74) is 1.75. The Labute approximate surface area is 163 Å². The average Bonchev–Trinajstić information content (AvgIpc) is 2.54. The summed E-state index contributed by atoms with van der Waals surface area (Å²) in [6.07, 6.45) is 0.890. The number of amides is 1. The predicted molar refractivity (Wildman–Crippen MR) is 106 cm³/mol. The quantitative estimate of drug-likeness (QED) is 0.730. The minimum atomic E-state index is -3.87. The highest BCUT2D eigenvalue weighted by molar-refractivity contribution is 7.89. The Morgan fingerprint density at radius 2 is 1.69 bits per heavy atom. The van der Waals surface area contributed by atoms with Gasteiger partial charge in [0, 0.05) is 11.7 Å². The lowest BCUT2D eigenvalue weighted by Gasteiger charge is -2.13. The summed E-state index contributed by atoms with van der Waals surface area (Å²) in [6, 6.07) is 9.49. The number of carbonyl (C=O) groups excluding carboxylic acids is 1. The van der Waals surface area contributed by atoms with Gasteiger partial charge >= 0.3 is 0 Å². The zero-order chi connectivity index (χ0) is 19.5. The molecule has 0 saturated heterocycles. The van der Waals surface area contributed by atoms with Crippen molar-refractivity contribution in [3.63, 3.8) is 0 Å². The van der Waals surface area contributed by atoms with Crippen LogP contribution in [0.25, 0.3) is 0 Å². The second-order valence-electron chi connectivity index (χ2n) is 6.04. The molecule has 0 atom stereocenters. The lowest BCUT2D eigenvalue weighted by atomic mass is 10.1. The predicted octanol–water partition coefficient (Wildman–Crippen LogP) is 4.49. The first-order chi connectivity index (χ1) is 12.1. The smallest absolute Gasteiger partial charge is 0.257 e. The molecule has 0 heterocycles. The molecule has 0 radical (unpaired) electrons. The molecule has 2 N–H and O–H groups in total. The van der Waals surface area contributed by atoms with Crippen LogP contribution in [-0.2, 0) is 16.4 Å². The Morgan fingerprint density at radius 1 is 1.08 bits per heavy atom. The molecule has 2 rings (SSSR count). The van der Waals surface area contributed by atoms with Crippen molar-refractivity contribution in [1.29, 1.82) is 0 Å². The fraction of sp³-hybridized carbons (Fsp3) is 0.278. The van der Waals surface area contributed by atoms with Crippen LogP contribution in [0.2, 0.25) is 10.0 Å². The second-order valence-corrected chi connectivity index (χ2v) is 8.54. The number of benzene rings is 2. The number of hydrogen-bond donors (Lipinski definition) is 2. The molecule has 0 bridgehead atoms. The maximum absolute atomic E-state index is 12.5. The summed E-state index contributed by atoms with van der Waals surface area (Å²) in [5, 5.41) is 2.73. The maximum atomic E-state index is 12.5. The van der Waals surface area contributed by atoms with Gasteiger partial charge in [-0.2, -0.15) is 0 Å². The number of halogens is 2. The summed E-state index contributed by atoms with van der Waals surface area (Å²) >= 11 is 12.1. The van der Waals surface area contributed by atoms with E-state index < -0.39 is 15.9 Å². The Hall–Kier alpha value is -1.60. The molecule has 2 aromatic rings. The first-order valence-electron chi connectivity index (χ1n) is 8.05. The standard InChI is InChI=1S/C18H20Cl2N2O3S/c1-4-12-5-7-13(8-6-12)21-18(23)14-9-17(16(20)10-15(14)19)26(24,25)22-11(2)3/h5-11,22H,4H2,1-3H3,(H,21,23). The number of anilines is 1. The monoisotopic (exact) mass is 414 g/mol. The SMILES string of the molecule is CCc1ccc(NC(=O)c2cc(S(=O)(=O)NC(C)C)c(Cl)cc2Cl)cc1. The molecule has 5 nitrogen and oxygen atoms in total. The molecule has 0 spiro atoms. The molecule has 0 saturated carbocycles. The molecule has 1 amide bonds. The van der Waals surface area contributed by atoms with Crippen LogP contribution >= 0.6 is 23.2 Å². The van der Waals surface area contributed by atoms with Gasteiger partial charge in [-0.1, -0.05) is 42.3 Å². The van der Waals surface area contributed by atoms with Crippen LogP contribution < -0.4 is 10.0 Å². The summed E-state index contributed by atoms with van der Waals surface area (Å²) in [4.78, 5) is 12.4. The summed E-state index contributed by atoms with van der Waals surface area (Å²) < 4.78 is 27.3. The van der Waals surface area contributed by atoms with E-state index in [2.05, 4.69) is 10.0 Å². The fourth-order valence-corrected chi connectivity index (χ4v) is 4.41. The fourth-order valence-electron chi connectivity index (χ4n) is 2.31. The van der Waals surface area contributed by atoms with Crippen molar-refractivity contribution in [2.45, 2.75) is 38.1 Å². The average molecular weight is 415 g/mol. The van der Waals surface area contributed by atoms with Gasteiger partial charge in [-0.05, 0) is 50.1 Å². The van der Waals surface area contributed by atoms with Crippen molar-refractivity contribution >= 4 is 44.8 Å². The number of rotatable bonds is 6. The van der Waals surface area contributed by atoms with Gasteiger partial charge in [0.2, 0.25) is 10.0 Å². The normalized spacial score (nSPS) is 11.6. The van der Waals surface area contributed by atoms with Crippen LogP contribution in [-0.4, -0.2) is 20.4 Å². The Balaban J connectivity index is 2.36. The van der Waals surface area contributed by atoms with E-state index in [4.69, 9.17) is 23.2 Å². The minimum Gasteiger partial charge on any atom is -0.322 e. The molecule has 26 heavy (non-hydrogen) atoms. The van der Waals surface area contributed by atoms with Crippen molar-refractivity contribution < 1.29 is 13.2 Å². The van der Waals surface area contributed by atoms with Crippen LogP contribution in [0.4, 0.5) is 5.69 Å². The number of hydrogen-bond acceptors (Lipinski definition) is 3. The van der Waals surface area contributed by atoms with Gasteiger partial charge in [0.1, 0.15) is 4.90 Å². The zero-order valence-corrected chi connectivity index (χ0v) is 17.0. The van der Waals surface area contributed by atoms with Gasteiger partial charge in [-0.3, -0.25) is 4.79 Å². The van der Waals surface area contributed by atoms with Crippen molar-refractivity contribution in [2.24, 2.45) is 0 Å². The molecule has 8 heteroatoms. The van der Waals surface area contributed by atoms with Crippen LogP contribution in [0, 0.1) is 0 Å². The van der Waals surface area contributed by atoms with E-state index in [1.807, 2.05) is 19.1 Å². The lowest BCUT2D eigenvalue weighted by molar-refractivity contribution is 0.102. The van der Waals surface area contributed by atoms with E-state index in [-0.39, 0.29) is 26.5 Å². The summed E-state index contributed by atoms with van der Waals surface area (Å²) in [5.74, 6) is -0.517. The number of sulfonamides is 1. The van der Waals surface area contributed by atoms with Gasteiger partial charge < -0.3 is 5.32 Å². The Bertz CT molecular complexity index is 911. The number of aryl methyl sites for hydroxylation is 1. The van der Waals surface area contributed by atoms with E-state index in [0.717, 1.165) is 12.0 Å².